The molecule has 0 aliphatic rings. The second-order valence-electron chi connectivity index (χ2n) is 3.83. The largest absolute Gasteiger partial charge is 0.486 e. The van der Waals surface area contributed by atoms with Gasteiger partial charge in [-0.3, -0.25) is 0 Å². The van der Waals surface area contributed by atoms with Gasteiger partial charge < -0.3 is 10.5 Å². The van der Waals surface area contributed by atoms with Gasteiger partial charge in [-0.05, 0) is 56.1 Å². The maximum Gasteiger partial charge on any atom is 0.148 e. The SMILES string of the molecule is Nc1cc(Cl)ccc1COc1c(Br)cc(Br)cc1Br. The summed E-state index contributed by atoms with van der Waals surface area (Å²) in [6.07, 6.45) is 0. The zero-order valence-corrected chi connectivity index (χ0v) is 15.1. The molecule has 2 rings (SSSR count). The summed E-state index contributed by atoms with van der Waals surface area (Å²) in [7, 11) is 0. The van der Waals surface area contributed by atoms with Crippen LogP contribution >= 0.6 is 59.4 Å². The van der Waals surface area contributed by atoms with Crippen LogP contribution in [0, 0.1) is 0 Å². The maximum absolute atomic E-state index is 5.89. The third-order valence-corrected chi connectivity index (χ3v) is 4.31. The summed E-state index contributed by atoms with van der Waals surface area (Å²) in [5.74, 6) is 0.734. The monoisotopic (exact) mass is 467 g/mol. The van der Waals surface area contributed by atoms with Crippen molar-refractivity contribution in [2.75, 3.05) is 5.73 Å². The van der Waals surface area contributed by atoms with E-state index < -0.39 is 0 Å². The van der Waals surface area contributed by atoms with Gasteiger partial charge >= 0.3 is 0 Å². The molecule has 0 saturated heterocycles. The summed E-state index contributed by atoms with van der Waals surface area (Å²) in [6.45, 7) is 0.377. The Hall–Kier alpha value is -0.230. The molecule has 100 valence electrons. The van der Waals surface area contributed by atoms with E-state index in [4.69, 9.17) is 22.1 Å². The molecule has 0 aliphatic heterocycles. The fourth-order valence-corrected chi connectivity index (χ4v) is 4.18. The minimum atomic E-state index is 0.377. The Morgan fingerprint density at radius 2 is 1.68 bits per heavy atom. The van der Waals surface area contributed by atoms with Crippen molar-refractivity contribution in [3.05, 3.63) is 54.3 Å². The number of nitrogens with two attached hydrogens (primary N) is 1. The Bertz CT molecular complexity index is 596. The molecule has 2 N–H and O–H groups in total. The van der Waals surface area contributed by atoms with Gasteiger partial charge in [0.05, 0.1) is 8.95 Å². The van der Waals surface area contributed by atoms with Crippen molar-refractivity contribution in [3.8, 4) is 5.75 Å². The van der Waals surface area contributed by atoms with Crippen molar-refractivity contribution in [1.82, 2.24) is 0 Å². The summed E-state index contributed by atoms with van der Waals surface area (Å²) < 4.78 is 8.48. The predicted molar refractivity (Wildman–Crippen MR) is 89.7 cm³/mol. The zero-order chi connectivity index (χ0) is 14.0. The molecule has 2 aromatic rings. The van der Waals surface area contributed by atoms with E-state index in [1.807, 2.05) is 18.2 Å². The van der Waals surface area contributed by atoms with Crippen molar-refractivity contribution in [3.63, 3.8) is 0 Å². The molecule has 0 aliphatic carbocycles. The topological polar surface area (TPSA) is 35.2 Å². The highest BCUT2D eigenvalue weighted by Gasteiger charge is 2.09. The molecular weight excluding hydrogens is 461 g/mol. The van der Waals surface area contributed by atoms with Crippen molar-refractivity contribution < 1.29 is 4.74 Å². The van der Waals surface area contributed by atoms with Gasteiger partial charge in [0.15, 0.2) is 0 Å². The lowest BCUT2D eigenvalue weighted by Gasteiger charge is -2.12. The van der Waals surface area contributed by atoms with E-state index in [1.54, 1.807) is 12.1 Å². The van der Waals surface area contributed by atoms with Gasteiger partial charge in [0, 0.05) is 20.7 Å². The Labute approximate surface area is 141 Å². The summed E-state index contributed by atoms with van der Waals surface area (Å²) in [5.41, 5.74) is 7.41. The van der Waals surface area contributed by atoms with Crippen LogP contribution in [-0.2, 0) is 6.61 Å². The van der Waals surface area contributed by atoms with Crippen LogP contribution in [0.5, 0.6) is 5.75 Å². The normalized spacial score (nSPS) is 10.5. The van der Waals surface area contributed by atoms with Crippen LogP contribution in [0.4, 0.5) is 5.69 Å². The Balaban J connectivity index is 2.19. The lowest BCUT2D eigenvalue weighted by Crippen LogP contribution is -2.01. The average molecular weight is 470 g/mol. The molecule has 19 heavy (non-hydrogen) atoms. The molecule has 0 radical (unpaired) electrons. The second kappa shape index (κ2) is 6.48. The first-order valence-corrected chi connectivity index (χ1v) is 8.04. The summed E-state index contributed by atoms with van der Waals surface area (Å²) >= 11 is 16.2. The van der Waals surface area contributed by atoms with Gasteiger partial charge in [-0.15, -0.1) is 0 Å². The molecule has 2 nitrogen and oxygen atoms in total. The molecule has 0 bridgehead atoms. The van der Waals surface area contributed by atoms with E-state index >= 15 is 0 Å². The van der Waals surface area contributed by atoms with Crippen molar-refractivity contribution in [1.29, 1.82) is 0 Å². The number of rotatable bonds is 3. The highest BCUT2D eigenvalue weighted by atomic mass is 79.9. The number of halogens is 4. The van der Waals surface area contributed by atoms with Crippen LogP contribution in [0.15, 0.2) is 43.7 Å². The predicted octanol–water partition coefficient (Wildman–Crippen LogP) is 5.79. The van der Waals surface area contributed by atoms with Crippen molar-refractivity contribution in [2.24, 2.45) is 0 Å². The highest BCUT2D eigenvalue weighted by molar-refractivity contribution is 9.11. The summed E-state index contributed by atoms with van der Waals surface area (Å²) in [4.78, 5) is 0. The van der Waals surface area contributed by atoms with Gasteiger partial charge in [0.1, 0.15) is 12.4 Å². The standard InChI is InChI=1S/C13H9Br3ClNO/c14-8-3-10(15)13(11(16)4-8)19-6-7-1-2-9(17)5-12(7)18/h1-5H,6,18H2. The Morgan fingerprint density at radius 1 is 1.05 bits per heavy atom. The van der Waals surface area contributed by atoms with Crippen LogP contribution in [0.1, 0.15) is 5.56 Å². The van der Waals surface area contributed by atoms with Crippen LogP contribution in [0.3, 0.4) is 0 Å². The summed E-state index contributed by atoms with van der Waals surface area (Å²) in [6, 6.07) is 9.21. The molecule has 0 heterocycles. The smallest absolute Gasteiger partial charge is 0.148 e. The van der Waals surface area contributed by atoms with Crippen LogP contribution < -0.4 is 10.5 Å². The van der Waals surface area contributed by atoms with E-state index in [9.17, 15) is 0 Å². The van der Waals surface area contributed by atoms with Gasteiger partial charge in [-0.25, -0.2) is 0 Å². The van der Waals surface area contributed by atoms with Gasteiger partial charge in [-0.1, -0.05) is 33.6 Å². The van der Waals surface area contributed by atoms with Crippen molar-refractivity contribution in [2.45, 2.75) is 6.61 Å². The zero-order valence-electron chi connectivity index (χ0n) is 9.59. The second-order valence-corrected chi connectivity index (χ2v) is 6.89. The minimum Gasteiger partial charge on any atom is -0.486 e. The quantitative estimate of drug-likeness (QED) is 0.577. The van der Waals surface area contributed by atoms with Crippen LogP contribution in [-0.4, -0.2) is 0 Å². The molecule has 0 aromatic heterocycles. The van der Waals surface area contributed by atoms with E-state index in [1.165, 1.54) is 0 Å². The van der Waals surface area contributed by atoms with E-state index in [-0.39, 0.29) is 0 Å². The molecule has 0 fully saturated rings. The first-order chi connectivity index (χ1) is 8.97. The van der Waals surface area contributed by atoms with Crippen LogP contribution in [0.2, 0.25) is 5.02 Å². The number of nitrogen functional groups attached to an aromatic ring is 1. The molecule has 0 spiro atoms. The minimum absolute atomic E-state index is 0.377. The molecule has 0 saturated carbocycles. The average Bonchev–Trinajstić information content (AvgIpc) is 2.30. The molecule has 0 unspecified atom stereocenters. The number of hydrogen-bond acceptors (Lipinski definition) is 2. The maximum atomic E-state index is 5.89. The summed E-state index contributed by atoms with van der Waals surface area (Å²) in [5, 5.41) is 0.618. The molecule has 0 amide bonds. The third-order valence-electron chi connectivity index (χ3n) is 2.44. The van der Waals surface area contributed by atoms with Gasteiger partial charge in [0.25, 0.3) is 0 Å². The lowest BCUT2D eigenvalue weighted by atomic mass is 10.2. The van der Waals surface area contributed by atoms with E-state index in [0.717, 1.165) is 24.7 Å². The molecular formula is C13H9Br3ClNO. The van der Waals surface area contributed by atoms with E-state index in [2.05, 4.69) is 47.8 Å². The first kappa shape index (κ1) is 15.2. The fraction of sp³-hybridized carbons (Fsp3) is 0.0769. The highest BCUT2D eigenvalue weighted by Crippen LogP contribution is 2.37. The van der Waals surface area contributed by atoms with Crippen molar-refractivity contribution >= 4 is 65.1 Å². The van der Waals surface area contributed by atoms with E-state index in [0.29, 0.717) is 17.3 Å². The lowest BCUT2D eigenvalue weighted by molar-refractivity contribution is 0.303. The molecule has 6 heteroatoms. The molecule has 2 aromatic carbocycles. The van der Waals surface area contributed by atoms with Gasteiger partial charge in [0.2, 0.25) is 0 Å². The van der Waals surface area contributed by atoms with Crippen LogP contribution in [0.25, 0.3) is 0 Å². The number of ether oxygens (including phenoxy) is 1. The number of hydrogen-bond donors (Lipinski definition) is 1. The Kier molecular flexibility index (Phi) is 5.17. The van der Waals surface area contributed by atoms with Gasteiger partial charge in [-0.2, -0.15) is 0 Å². The first-order valence-electron chi connectivity index (χ1n) is 5.28. The third kappa shape index (κ3) is 3.88. The molecule has 0 atom stereocenters. The number of benzene rings is 2. The fourth-order valence-electron chi connectivity index (χ4n) is 1.51. The Morgan fingerprint density at radius 3 is 2.26 bits per heavy atom. The number of anilines is 1.